The summed E-state index contributed by atoms with van der Waals surface area (Å²) in [6.07, 6.45) is 0. The lowest BCUT2D eigenvalue weighted by atomic mass is 10.4. The van der Waals surface area contributed by atoms with Crippen molar-refractivity contribution < 1.29 is 13.9 Å². The maximum atomic E-state index is 11.5. The summed E-state index contributed by atoms with van der Waals surface area (Å²) in [5, 5.41) is 12.6. The standard InChI is InChI=1S/C7H7N5O3/c1-3-2-4(14-10-3)9-7(13)5-6(8)12-15-11-5/h2H,1H3,(H2,8,12)(H,9,13). The largest absolute Gasteiger partial charge is 0.379 e. The Morgan fingerprint density at radius 2 is 2.27 bits per heavy atom. The molecule has 78 valence electrons. The molecule has 0 aliphatic rings. The van der Waals surface area contributed by atoms with E-state index in [1.54, 1.807) is 13.0 Å². The van der Waals surface area contributed by atoms with Crippen molar-refractivity contribution in [2.75, 3.05) is 11.1 Å². The van der Waals surface area contributed by atoms with Gasteiger partial charge in [-0.2, -0.15) is 0 Å². The number of carbonyl (C=O) groups excluding carboxylic acids is 1. The topological polar surface area (TPSA) is 120 Å². The first-order valence-electron chi connectivity index (χ1n) is 3.99. The highest BCUT2D eigenvalue weighted by Crippen LogP contribution is 2.11. The van der Waals surface area contributed by atoms with Crippen LogP contribution < -0.4 is 11.1 Å². The van der Waals surface area contributed by atoms with E-state index in [2.05, 4.69) is 25.4 Å². The number of nitrogen functional groups attached to an aromatic ring is 1. The second-order valence-corrected chi connectivity index (χ2v) is 2.78. The Hall–Kier alpha value is -2.38. The van der Waals surface area contributed by atoms with Crippen LogP contribution in [0.3, 0.4) is 0 Å². The van der Waals surface area contributed by atoms with Gasteiger partial charge < -0.3 is 10.3 Å². The van der Waals surface area contributed by atoms with Gasteiger partial charge in [0.25, 0.3) is 5.91 Å². The molecule has 2 heterocycles. The average Bonchev–Trinajstić information content (AvgIpc) is 2.75. The van der Waals surface area contributed by atoms with Crippen LogP contribution in [0.15, 0.2) is 15.2 Å². The van der Waals surface area contributed by atoms with Crippen molar-refractivity contribution in [2.45, 2.75) is 6.92 Å². The van der Waals surface area contributed by atoms with Crippen molar-refractivity contribution in [1.29, 1.82) is 0 Å². The zero-order valence-corrected chi connectivity index (χ0v) is 7.72. The third-order valence-corrected chi connectivity index (χ3v) is 1.59. The maximum absolute atomic E-state index is 11.5. The molecule has 0 saturated carbocycles. The lowest BCUT2D eigenvalue weighted by Gasteiger charge is -1.95. The molecule has 0 unspecified atom stereocenters. The van der Waals surface area contributed by atoms with Crippen molar-refractivity contribution in [3.05, 3.63) is 17.5 Å². The van der Waals surface area contributed by atoms with E-state index in [0.717, 1.165) is 0 Å². The molecule has 0 aliphatic heterocycles. The van der Waals surface area contributed by atoms with Gasteiger partial charge in [-0.25, -0.2) is 4.63 Å². The first-order chi connectivity index (χ1) is 7.16. The van der Waals surface area contributed by atoms with E-state index < -0.39 is 5.91 Å². The first-order valence-corrected chi connectivity index (χ1v) is 3.99. The minimum absolute atomic E-state index is 0.0799. The van der Waals surface area contributed by atoms with Crippen molar-refractivity contribution >= 4 is 17.6 Å². The molecule has 3 N–H and O–H groups in total. The number of aryl methyl sites for hydroxylation is 1. The Bertz CT molecular complexity index is 488. The fourth-order valence-corrected chi connectivity index (χ4v) is 0.947. The van der Waals surface area contributed by atoms with Crippen LogP contribution in [0.1, 0.15) is 16.2 Å². The quantitative estimate of drug-likeness (QED) is 0.724. The van der Waals surface area contributed by atoms with Gasteiger partial charge >= 0.3 is 0 Å². The van der Waals surface area contributed by atoms with Crippen LogP contribution in [0.4, 0.5) is 11.7 Å². The van der Waals surface area contributed by atoms with Crippen molar-refractivity contribution in [2.24, 2.45) is 0 Å². The lowest BCUT2D eigenvalue weighted by Crippen LogP contribution is -2.13. The third kappa shape index (κ3) is 1.77. The first kappa shape index (κ1) is 9.19. The molecule has 0 saturated heterocycles. The minimum Gasteiger partial charge on any atom is -0.379 e. The summed E-state index contributed by atoms with van der Waals surface area (Å²) in [5.74, 6) is -0.437. The predicted octanol–water partition coefficient (Wildman–Crippen LogP) is 0.201. The number of hydrogen-bond acceptors (Lipinski definition) is 7. The summed E-state index contributed by atoms with van der Waals surface area (Å²) in [6, 6.07) is 1.56. The molecule has 2 aromatic rings. The number of anilines is 2. The zero-order valence-electron chi connectivity index (χ0n) is 7.72. The third-order valence-electron chi connectivity index (χ3n) is 1.59. The van der Waals surface area contributed by atoms with Gasteiger partial charge in [-0.3, -0.25) is 10.1 Å². The highest BCUT2D eigenvalue weighted by molar-refractivity contribution is 6.04. The fraction of sp³-hybridized carbons (Fsp3) is 0.143. The molecule has 0 aliphatic carbocycles. The van der Waals surface area contributed by atoms with Gasteiger partial charge in [-0.1, -0.05) is 5.16 Å². The van der Waals surface area contributed by atoms with Gasteiger partial charge in [0.15, 0.2) is 0 Å². The highest BCUT2D eigenvalue weighted by Gasteiger charge is 2.17. The second kappa shape index (κ2) is 3.40. The predicted molar refractivity (Wildman–Crippen MR) is 47.9 cm³/mol. The number of aromatic nitrogens is 3. The van der Waals surface area contributed by atoms with E-state index in [1.807, 2.05) is 0 Å². The summed E-state index contributed by atoms with van der Waals surface area (Å²) in [7, 11) is 0. The van der Waals surface area contributed by atoms with Crippen molar-refractivity contribution in [3.63, 3.8) is 0 Å². The molecule has 0 radical (unpaired) electrons. The number of amides is 1. The number of rotatable bonds is 2. The van der Waals surface area contributed by atoms with Gasteiger partial charge in [0, 0.05) is 6.07 Å². The molecule has 0 fully saturated rings. The van der Waals surface area contributed by atoms with Crippen LogP contribution in [0.5, 0.6) is 0 Å². The molecule has 2 rings (SSSR count). The molecule has 0 aromatic carbocycles. The maximum Gasteiger partial charge on any atom is 0.284 e. The van der Waals surface area contributed by atoms with E-state index in [9.17, 15) is 4.79 Å². The fourth-order valence-electron chi connectivity index (χ4n) is 0.947. The van der Waals surface area contributed by atoms with Crippen LogP contribution in [0.2, 0.25) is 0 Å². The molecular formula is C7H7N5O3. The van der Waals surface area contributed by atoms with E-state index in [-0.39, 0.29) is 17.4 Å². The van der Waals surface area contributed by atoms with Gasteiger partial charge in [-0.15, -0.1) is 0 Å². The Balaban J connectivity index is 2.14. The summed E-state index contributed by atoms with van der Waals surface area (Å²) in [6.45, 7) is 1.73. The molecular weight excluding hydrogens is 202 g/mol. The van der Waals surface area contributed by atoms with E-state index in [4.69, 9.17) is 10.3 Å². The smallest absolute Gasteiger partial charge is 0.284 e. The summed E-state index contributed by atoms with van der Waals surface area (Å²) in [4.78, 5) is 11.5. The Labute approximate surface area is 83.4 Å². The molecule has 8 heteroatoms. The molecule has 0 spiro atoms. The normalized spacial score (nSPS) is 10.2. The van der Waals surface area contributed by atoms with Crippen molar-refractivity contribution in [1.82, 2.24) is 15.5 Å². The van der Waals surface area contributed by atoms with Crippen LogP contribution in [-0.4, -0.2) is 21.4 Å². The Kier molecular flexibility index (Phi) is 2.08. The summed E-state index contributed by atoms with van der Waals surface area (Å²) < 4.78 is 9.05. The van der Waals surface area contributed by atoms with Gasteiger partial charge in [0.2, 0.25) is 17.4 Å². The summed E-state index contributed by atoms with van der Waals surface area (Å²) in [5.41, 5.74) is 5.88. The van der Waals surface area contributed by atoms with Crippen LogP contribution in [0, 0.1) is 6.92 Å². The van der Waals surface area contributed by atoms with E-state index in [1.165, 1.54) is 0 Å². The molecule has 15 heavy (non-hydrogen) atoms. The molecule has 0 atom stereocenters. The number of nitrogens with zero attached hydrogens (tertiary/aromatic N) is 3. The number of hydrogen-bond donors (Lipinski definition) is 2. The molecule has 1 amide bonds. The van der Waals surface area contributed by atoms with E-state index in [0.29, 0.717) is 5.69 Å². The SMILES string of the molecule is Cc1cc(NC(=O)c2nonc2N)on1. The lowest BCUT2D eigenvalue weighted by molar-refractivity contribution is 0.101. The van der Waals surface area contributed by atoms with Gasteiger partial charge in [0.05, 0.1) is 5.69 Å². The Morgan fingerprint density at radius 3 is 2.80 bits per heavy atom. The number of nitrogens with two attached hydrogens (primary N) is 1. The number of carbonyl (C=O) groups is 1. The van der Waals surface area contributed by atoms with Crippen molar-refractivity contribution in [3.8, 4) is 0 Å². The molecule has 0 bridgehead atoms. The van der Waals surface area contributed by atoms with Crippen LogP contribution in [-0.2, 0) is 0 Å². The van der Waals surface area contributed by atoms with Gasteiger partial charge in [0.1, 0.15) is 0 Å². The van der Waals surface area contributed by atoms with Gasteiger partial charge in [-0.05, 0) is 17.2 Å². The van der Waals surface area contributed by atoms with E-state index >= 15 is 0 Å². The molecule has 2 aromatic heterocycles. The minimum atomic E-state index is -0.565. The average molecular weight is 209 g/mol. The number of nitrogens with one attached hydrogen (secondary N) is 1. The zero-order chi connectivity index (χ0) is 10.8. The van der Waals surface area contributed by atoms with Crippen LogP contribution >= 0.6 is 0 Å². The summed E-state index contributed by atoms with van der Waals surface area (Å²) >= 11 is 0. The van der Waals surface area contributed by atoms with Crippen LogP contribution in [0.25, 0.3) is 0 Å². The Morgan fingerprint density at radius 1 is 1.47 bits per heavy atom. The second-order valence-electron chi connectivity index (χ2n) is 2.78. The highest BCUT2D eigenvalue weighted by atomic mass is 16.6. The monoisotopic (exact) mass is 209 g/mol. The molecule has 8 nitrogen and oxygen atoms in total.